The summed E-state index contributed by atoms with van der Waals surface area (Å²) in [6.45, 7) is 16.7. The third-order valence-corrected chi connectivity index (χ3v) is 8.26. The molecule has 0 radical (unpaired) electrons. The molecular formula is C15H31NO5Si. The third kappa shape index (κ3) is 6.35. The zero-order valence-electron chi connectivity index (χ0n) is 15.3. The largest absolute Gasteiger partial charge is 0.479 e. The standard InChI is InChI=1S/C15H31NO5Si/c1-13(2,3)21-12(19)16-15(7,11(17)18)10-20-22(8,9)14(4,5)6/h10H2,1-9H3,(H,16,19)(H,17,18). The molecule has 0 aromatic rings. The molecule has 6 nitrogen and oxygen atoms in total. The second-order valence-corrected chi connectivity index (χ2v) is 13.1. The molecule has 130 valence electrons. The van der Waals surface area contributed by atoms with Gasteiger partial charge < -0.3 is 19.6 Å². The van der Waals surface area contributed by atoms with Crippen LogP contribution in [-0.2, 0) is 14.0 Å². The van der Waals surface area contributed by atoms with Crippen molar-refractivity contribution in [2.24, 2.45) is 0 Å². The van der Waals surface area contributed by atoms with Crippen LogP contribution >= 0.6 is 0 Å². The summed E-state index contributed by atoms with van der Waals surface area (Å²) in [7, 11) is -2.11. The summed E-state index contributed by atoms with van der Waals surface area (Å²) in [4.78, 5) is 23.4. The molecule has 0 aromatic carbocycles. The van der Waals surface area contributed by atoms with Crippen molar-refractivity contribution in [3.05, 3.63) is 0 Å². The van der Waals surface area contributed by atoms with Gasteiger partial charge in [0, 0.05) is 0 Å². The molecule has 0 aromatic heterocycles. The molecule has 0 heterocycles. The van der Waals surface area contributed by atoms with Gasteiger partial charge in [-0.15, -0.1) is 0 Å². The number of hydrogen-bond donors (Lipinski definition) is 2. The Balaban J connectivity index is 4.99. The van der Waals surface area contributed by atoms with Crippen LogP contribution in [0.15, 0.2) is 0 Å². The first-order chi connectivity index (χ1) is 9.50. The Morgan fingerprint density at radius 2 is 1.50 bits per heavy atom. The first-order valence-corrected chi connectivity index (χ1v) is 10.3. The van der Waals surface area contributed by atoms with Gasteiger partial charge in [-0.1, -0.05) is 20.8 Å². The molecule has 7 heteroatoms. The second kappa shape index (κ2) is 6.58. The molecule has 2 N–H and O–H groups in total. The van der Waals surface area contributed by atoms with Gasteiger partial charge >= 0.3 is 12.1 Å². The van der Waals surface area contributed by atoms with Crippen LogP contribution in [0.5, 0.6) is 0 Å². The van der Waals surface area contributed by atoms with Crippen molar-refractivity contribution in [2.75, 3.05) is 6.61 Å². The van der Waals surface area contributed by atoms with Crippen LogP contribution < -0.4 is 5.32 Å². The molecule has 0 aliphatic carbocycles. The number of ether oxygens (including phenoxy) is 1. The highest BCUT2D eigenvalue weighted by Gasteiger charge is 2.43. The summed E-state index contributed by atoms with van der Waals surface area (Å²) in [5.74, 6) is -1.16. The van der Waals surface area contributed by atoms with Crippen molar-refractivity contribution >= 4 is 20.4 Å². The predicted octanol–water partition coefficient (Wildman–Crippen LogP) is 3.38. The van der Waals surface area contributed by atoms with Crippen molar-refractivity contribution in [3.8, 4) is 0 Å². The number of carboxylic acid groups (broad SMARTS) is 1. The average molecular weight is 334 g/mol. The van der Waals surface area contributed by atoms with Crippen LogP contribution in [0.1, 0.15) is 48.5 Å². The Bertz CT molecular complexity index is 423. The molecule has 0 aliphatic rings. The maximum Gasteiger partial charge on any atom is 0.408 e. The number of rotatable bonds is 5. The Morgan fingerprint density at radius 1 is 1.05 bits per heavy atom. The van der Waals surface area contributed by atoms with Crippen molar-refractivity contribution in [3.63, 3.8) is 0 Å². The van der Waals surface area contributed by atoms with E-state index in [1.54, 1.807) is 20.8 Å². The molecule has 1 unspecified atom stereocenters. The lowest BCUT2D eigenvalue weighted by atomic mass is 10.1. The van der Waals surface area contributed by atoms with Gasteiger partial charge in [0.1, 0.15) is 5.60 Å². The van der Waals surface area contributed by atoms with E-state index in [9.17, 15) is 14.7 Å². The molecule has 22 heavy (non-hydrogen) atoms. The highest BCUT2D eigenvalue weighted by atomic mass is 28.4. The lowest BCUT2D eigenvalue weighted by Gasteiger charge is -2.39. The fraction of sp³-hybridized carbons (Fsp3) is 0.867. The van der Waals surface area contributed by atoms with Gasteiger partial charge in [-0.05, 0) is 45.8 Å². The van der Waals surface area contributed by atoms with E-state index in [0.29, 0.717) is 0 Å². The van der Waals surface area contributed by atoms with Crippen molar-refractivity contribution in [1.82, 2.24) is 5.32 Å². The van der Waals surface area contributed by atoms with Crippen molar-refractivity contribution in [1.29, 1.82) is 0 Å². The van der Waals surface area contributed by atoms with E-state index >= 15 is 0 Å². The summed E-state index contributed by atoms with van der Waals surface area (Å²) in [6, 6.07) is 0. The number of alkyl carbamates (subject to hydrolysis) is 1. The smallest absolute Gasteiger partial charge is 0.408 e. The Labute approximate surface area is 134 Å². The molecule has 0 saturated carbocycles. The Morgan fingerprint density at radius 3 is 1.82 bits per heavy atom. The molecule has 0 saturated heterocycles. The lowest BCUT2D eigenvalue weighted by molar-refractivity contribution is -0.145. The van der Waals surface area contributed by atoms with Crippen LogP contribution in [0.3, 0.4) is 0 Å². The highest BCUT2D eigenvalue weighted by molar-refractivity contribution is 6.74. The van der Waals surface area contributed by atoms with E-state index in [-0.39, 0.29) is 11.6 Å². The first-order valence-electron chi connectivity index (χ1n) is 7.39. The van der Waals surface area contributed by atoms with Crippen LogP contribution in [-0.4, -0.2) is 43.2 Å². The summed E-state index contributed by atoms with van der Waals surface area (Å²) in [5, 5.41) is 11.8. The fourth-order valence-corrected chi connectivity index (χ4v) is 2.30. The van der Waals surface area contributed by atoms with Crippen molar-refractivity contribution < 1.29 is 23.9 Å². The zero-order valence-corrected chi connectivity index (χ0v) is 16.3. The summed E-state index contributed by atoms with van der Waals surface area (Å²) < 4.78 is 11.1. The molecule has 0 aliphatic heterocycles. The molecule has 1 atom stereocenters. The highest BCUT2D eigenvalue weighted by Crippen LogP contribution is 2.37. The van der Waals surface area contributed by atoms with E-state index in [0.717, 1.165) is 0 Å². The minimum absolute atomic E-state index is 0.0433. The minimum atomic E-state index is -2.11. The van der Waals surface area contributed by atoms with Crippen molar-refractivity contribution in [2.45, 2.75) is 77.7 Å². The maximum absolute atomic E-state index is 11.9. The second-order valence-electron chi connectivity index (χ2n) is 8.31. The number of nitrogens with one attached hydrogen (secondary N) is 1. The van der Waals surface area contributed by atoms with Gasteiger partial charge in [0.25, 0.3) is 0 Å². The van der Waals surface area contributed by atoms with Crippen LogP contribution in [0, 0.1) is 0 Å². The molecular weight excluding hydrogens is 302 g/mol. The normalized spacial score (nSPS) is 15.9. The summed E-state index contributed by atoms with van der Waals surface area (Å²) >= 11 is 0. The summed E-state index contributed by atoms with van der Waals surface area (Å²) in [5.41, 5.74) is -2.22. The van der Waals surface area contributed by atoms with E-state index in [1.807, 2.05) is 13.1 Å². The van der Waals surface area contributed by atoms with Crippen LogP contribution in [0.2, 0.25) is 18.1 Å². The van der Waals surface area contributed by atoms with E-state index in [1.165, 1.54) is 6.92 Å². The van der Waals surface area contributed by atoms with Gasteiger partial charge in [0.05, 0.1) is 6.61 Å². The monoisotopic (exact) mass is 333 g/mol. The Kier molecular flexibility index (Phi) is 6.25. The topological polar surface area (TPSA) is 84.9 Å². The van der Waals surface area contributed by atoms with Gasteiger partial charge in [0.2, 0.25) is 0 Å². The number of carboxylic acids is 1. The number of hydrogen-bond acceptors (Lipinski definition) is 4. The quantitative estimate of drug-likeness (QED) is 0.753. The number of carbonyl (C=O) groups is 2. The van der Waals surface area contributed by atoms with Crippen LogP contribution in [0.4, 0.5) is 4.79 Å². The zero-order chi connectivity index (χ0) is 18.0. The molecule has 0 rings (SSSR count). The lowest BCUT2D eigenvalue weighted by Crippen LogP contribution is -2.58. The third-order valence-electron chi connectivity index (χ3n) is 3.78. The predicted molar refractivity (Wildman–Crippen MR) is 88.6 cm³/mol. The molecule has 1 amide bonds. The van der Waals surface area contributed by atoms with E-state index in [4.69, 9.17) is 9.16 Å². The molecule has 0 bridgehead atoms. The molecule has 0 fully saturated rings. The van der Waals surface area contributed by atoms with Crippen LogP contribution in [0.25, 0.3) is 0 Å². The SMILES string of the molecule is CC(C)(C)OC(=O)NC(C)(CO[Si](C)(C)C(C)(C)C)C(=O)O. The van der Waals surface area contributed by atoms with Gasteiger partial charge in [-0.3, -0.25) is 0 Å². The van der Waals surface area contributed by atoms with Gasteiger partial charge in [-0.25, -0.2) is 9.59 Å². The Hall–Kier alpha value is -1.08. The number of amides is 1. The number of carbonyl (C=O) groups excluding carboxylic acids is 1. The van der Waals surface area contributed by atoms with E-state index in [2.05, 4.69) is 26.1 Å². The van der Waals surface area contributed by atoms with Gasteiger partial charge in [-0.2, -0.15) is 0 Å². The summed E-state index contributed by atoms with van der Waals surface area (Å²) in [6.07, 6.45) is -0.767. The average Bonchev–Trinajstić information content (AvgIpc) is 2.21. The van der Waals surface area contributed by atoms with Gasteiger partial charge in [0.15, 0.2) is 13.9 Å². The maximum atomic E-state index is 11.9. The minimum Gasteiger partial charge on any atom is -0.479 e. The van der Waals surface area contributed by atoms with E-state index < -0.39 is 31.5 Å². The fourth-order valence-electron chi connectivity index (χ4n) is 1.22. The first kappa shape index (κ1) is 20.9. The molecule has 0 spiro atoms. The number of aliphatic carboxylic acids is 1.